The number of benzene rings is 2. The third-order valence-corrected chi connectivity index (χ3v) is 5.81. The highest BCUT2D eigenvalue weighted by Crippen LogP contribution is 2.32. The Balaban J connectivity index is 1.95. The molecule has 24 heavy (non-hydrogen) atoms. The molecule has 0 fully saturated rings. The molecule has 0 saturated carbocycles. The second-order valence-electron chi connectivity index (χ2n) is 5.78. The Kier molecular flexibility index (Phi) is 4.27. The molecule has 5 nitrogen and oxygen atoms in total. The second kappa shape index (κ2) is 6.11. The molecule has 0 bridgehead atoms. The molecule has 7 heteroatoms. The summed E-state index contributed by atoms with van der Waals surface area (Å²) in [6.45, 7) is 3.83. The van der Waals surface area contributed by atoms with E-state index in [0.717, 1.165) is 17.7 Å². The first-order valence-corrected chi connectivity index (χ1v) is 9.34. The van der Waals surface area contributed by atoms with Crippen LogP contribution in [0.15, 0.2) is 41.3 Å². The largest absolute Gasteiger partial charge is 0.312 e. The molecule has 0 spiro atoms. The minimum atomic E-state index is -3.76. The van der Waals surface area contributed by atoms with E-state index < -0.39 is 10.0 Å². The minimum Gasteiger partial charge on any atom is -0.312 e. The molecule has 0 aromatic heterocycles. The molecule has 0 aliphatic carbocycles. The molecular formula is C17H17ClN2O3S. The van der Waals surface area contributed by atoms with Crippen molar-refractivity contribution in [3.05, 3.63) is 52.5 Å². The number of hydrogen-bond acceptors (Lipinski definition) is 3. The lowest BCUT2D eigenvalue weighted by molar-refractivity contribution is -0.116. The lowest BCUT2D eigenvalue weighted by Crippen LogP contribution is -2.25. The predicted octanol–water partition coefficient (Wildman–Crippen LogP) is 3.36. The monoisotopic (exact) mass is 364 g/mol. The van der Waals surface area contributed by atoms with Crippen molar-refractivity contribution < 1.29 is 13.2 Å². The van der Waals surface area contributed by atoms with E-state index in [4.69, 9.17) is 11.6 Å². The maximum absolute atomic E-state index is 12.6. The van der Waals surface area contributed by atoms with Gasteiger partial charge in [-0.05, 0) is 48.7 Å². The van der Waals surface area contributed by atoms with Gasteiger partial charge < -0.3 is 4.90 Å². The number of sulfonamides is 1. The molecule has 3 rings (SSSR count). The standard InChI is InChI=1S/C17H17ClN2O3S/c1-11-3-5-14(18)9-17(11)24(22,23)19-15-6-4-13-7-8-20(12(2)21)16(13)10-15/h3-6,9-10,19H,7-8H2,1-2H3. The zero-order valence-corrected chi connectivity index (χ0v) is 14.9. The van der Waals surface area contributed by atoms with Crippen LogP contribution in [0.3, 0.4) is 0 Å². The van der Waals surface area contributed by atoms with E-state index in [1.165, 1.54) is 13.0 Å². The zero-order chi connectivity index (χ0) is 17.5. The zero-order valence-electron chi connectivity index (χ0n) is 13.3. The molecular weight excluding hydrogens is 348 g/mol. The summed E-state index contributed by atoms with van der Waals surface area (Å²) in [5, 5.41) is 0.359. The smallest absolute Gasteiger partial charge is 0.262 e. The number of nitrogens with one attached hydrogen (secondary N) is 1. The first-order valence-electron chi connectivity index (χ1n) is 7.48. The average molecular weight is 365 g/mol. The van der Waals surface area contributed by atoms with Crippen molar-refractivity contribution in [2.75, 3.05) is 16.2 Å². The van der Waals surface area contributed by atoms with Crippen LogP contribution in [0.2, 0.25) is 5.02 Å². The van der Waals surface area contributed by atoms with Gasteiger partial charge in [0, 0.05) is 24.2 Å². The van der Waals surface area contributed by atoms with E-state index in [0.29, 0.717) is 22.8 Å². The highest BCUT2D eigenvalue weighted by Gasteiger charge is 2.24. The fraction of sp³-hybridized carbons (Fsp3) is 0.235. The summed E-state index contributed by atoms with van der Waals surface area (Å²) in [4.78, 5) is 13.5. The predicted molar refractivity (Wildman–Crippen MR) is 95.2 cm³/mol. The van der Waals surface area contributed by atoms with E-state index in [-0.39, 0.29) is 10.8 Å². The second-order valence-corrected chi connectivity index (χ2v) is 7.87. The number of hydrogen-bond donors (Lipinski definition) is 1. The van der Waals surface area contributed by atoms with Crippen molar-refractivity contribution in [3.63, 3.8) is 0 Å². The van der Waals surface area contributed by atoms with Crippen molar-refractivity contribution in [1.82, 2.24) is 0 Å². The van der Waals surface area contributed by atoms with Crippen LogP contribution in [0.4, 0.5) is 11.4 Å². The first kappa shape index (κ1) is 16.8. The molecule has 0 unspecified atom stereocenters. The van der Waals surface area contributed by atoms with E-state index in [9.17, 15) is 13.2 Å². The SMILES string of the molecule is CC(=O)N1CCc2ccc(NS(=O)(=O)c3cc(Cl)ccc3C)cc21. The Morgan fingerprint density at radius 3 is 2.67 bits per heavy atom. The van der Waals surface area contributed by atoms with Gasteiger partial charge in [-0.1, -0.05) is 23.7 Å². The van der Waals surface area contributed by atoms with Crippen LogP contribution < -0.4 is 9.62 Å². The molecule has 1 aliphatic rings. The number of amides is 1. The van der Waals surface area contributed by atoms with Gasteiger partial charge in [0.2, 0.25) is 5.91 Å². The summed E-state index contributed by atoms with van der Waals surface area (Å²) in [6, 6.07) is 9.99. The van der Waals surface area contributed by atoms with Gasteiger partial charge in [0.15, 0.2) is 0 Å². The molecule has 2 aromatic rings. The minimum absolute atomic E-state index is 0.0561. The number of carbonyl (C=O) groups excluding carboxylic acids is 1. The Bertz CT molecular complexity index is 925. The van der Waals surface area contributed by atoms with Gasteiger partial charge in [-0.25, -0.2) is 8.42 Å². The highest BCUT2D eigenvalue weighted by molar-refractivity contribution is 7.92. The Morgan fingerprint density at radius 2 is 1.96 bits per heavy atom. The number of carbonyl (C=O) groups is 1. The van der Waals surface area contributed by atoms with Crippen LogP contribution in [-0.4, -0.2) is 20.9 Å². The summed E-state index contributed by atoms with van der Waals surface area (Å²) in [6.07, 6.45) is 0.773. The van der Waals surface area contributed by atoms with Crippen LogP contribution in [0.5, 0.6) is 0 Å². The fourth-order valence-corrected chi connectivity index (χ4v) is 4.40. The van der Waals surface area contributed by atoms with Gasteiger partial charge in [0.25, 0.3) is 10.0 Å². The maximum Gasteiger partial charge on any atom is 0.262 e. The summed E-state index contributed by atoms with van der Waals surface area (Å²) >= 11 is 5.92. The number of aryl methyl sites for hydroxylation is 1. The van der Waals surface area contributed by atoms with Crippen LogP contribution in [0.25, 0.3) is 0 Å². The first-order chi connectivity index (χ1) is 11.3. The van der Waals surface area contributed by atoms with Crippen LogP contribution in [0, 0.1) is 6.92 Å². The topological polar surface area (TPSA) is 66.5 Å². The third kappa shape index (κ3) is 3.12. The van der Waals surface area contributed by atoms with Gasteiger partial charge in [-0.2, -0.15) is 0 Å². The highest BCUT2D eigenvalue weighted by atomic mass is 35.5. The molecule has 1 heterocycles. The van der Waals surface area contributed by atoms with Gasteiger partial charge in [0.05, 0.1) is 10.6 Å². The van der Waals surface area contributed by atoms with Crippen molar-refractivity contribution in [3.8, 4) is 0 Å². The lowest BCUT2D eigenvalue weighted by atomic mass is 10.1. The summed E-state index contributed by atoms with van der Waals surface area (Å²) < 4.78 is 27.8. The average Bonchev–Trinajstić information content (AvgIpc) is 2.92. The van der Waals surface area contributed by atoms with Crippen molar-refractivity contribution in [2.24, 2.45) is 0 Å². The van der Waals surface area contributed by atoms with Gasteiger partial charge in [-0.3, -0.25) is 9.52 Å². The van der Waals surface area contributed by atoms with E-state index in [1.807, 2.05) is 6.07 Å². The lowest BCUT2D eigenvalue weighted by Gasteiger charge is -2.16. The number of fused-ring (bicyclic) bond motifs is 1. The summed E-state index contributed by atoms with van der Waals surface area (Å²) in [5.74, 6) is -0.0561. The van der Waals surface area contributed by atoms with Crippen LogP contribution in [0.1, 0.15) is 18.1 Å². The van der Waals surface area contributed by atoms with E-state index >= 15 is 0 Å². The summed E-state index contributed by atoms with van der Waals surface area (Å²) in [5.41, 5.74) is 2.82. The van der Waals surface area contributed by atoms with Crippen LogP contribution in [-0.2, 0) is 21.2 Å². The third-order valence-electron chi connectivity index (χ3n) is 4.05. The quantitative estimate of drug-likeness (QED) is 0.908. The van der Waals surface area contributed by atoms with Crippen molar-refractivity contribution >= 4 is 38.9 Å². The molecule has 0 atom stereocenters. The Morgan fingerprint density at radius 1 is 1.21 bits per heavy atom. The number of nitrogens with zero attached hydrogens (tertiary/aromatic N) is 1. The normalized spacial score (nSPS) is 13.7. The maximum atomic E-state index is 12.6. The Labute approximate surface area is 146 Å². The molecule has 0 radical (unpaired) electrons. The van der Waals surface area contributed by atoms with Crippen molar-refractivity contribution in [2.45, 2.75) is 25.2 Å². The number of halogens is 1. The van der Waals surface area contributed by atoms with Gasteiger partial charge in [-0.15, -0.1) is 0 Å². The van der Waals surface area contributed by atoms with Gasteiger partial charge >= 0.3 is 0 Å². The molecule has 126 valence electrons. The van der Waals surface area contributed by atoms with E-state index in [1.54, 1.807) is 36.1 Å². The molecule has 2 aromatic carbocycles. The van der Waals surface area contributed by atoms with Gasteiger partial charge in [0.1, 0.15) is 0 Å². The molecule has 1 aliphatic heterocycles. The van der Waals surface area contributed by atoms with Crippen molar-refractivity contribution in [1.29, 1.82) is 0 Å². The number of anilines is 2. The Hall–Kier alpha value is -2.05. The molecule has 0 saturated heterocycles. The van der Waals surface area contributed by atoms with E-state index in [2.05, 4.69) is 4.72 Å². The molecule has 1 N–H and O–H groups in total. The fourth-order valence-electron chi connectivity index (χ4n) is 2.84. The summed E-state index contributed by atoms with van der Waals surface area (Å²) in [7, 11) is -3.76. The van der Waals surface area contributed by atoms with Crippen LogP contribution >= 0.6 is 11.6 Å². The number of rotatable bonds is 3. The molecule has 1 amide bonds.